The van der Waals surface area contributed by atoms with Gasteiger partial charge in [0.05, 0.1) is 0 Å². The second-order valence-electron chi connectivity index (χ2n) is 1.53. The van der Waals surface area contributed by atoms with Gasteiger partial charge in [-0.05, 0) is 31.9 Å². The van der Waals surface area contributed by atoms with Crippen LogP contribution in [0.15, 0.2) is 15.3 Å². The summed E-state index contributed by atoms with van der Waals surface area (Å²) in [7, 11) is 0. The third-order valence-electron chi connectivity index (χ3n) is 0.844. The van der Waals surface area contributed by atoms with E-state index in [4.69, 9.17) is 0 Å². The van der Waals surface area contributed by atoms with E-state index in [-0.39, 0.29) is 9.21 Å². The molecule has 1 aromatic heterocycles. The summed E-state index contributed by atoms with van der Waals surface area (Å²) in [5.41, 5.74) is 0. The number of aromatic nitrogens is 1. The van der Waals surface area contributed by atoms with E-state index in [2.05, 4.69) is 36.8 Å². The Labute approximate surface area is 72.7 Å². The summed E-state index contributed by atoms with van der Waals surface area (Å²) in [4.78, 5) is 3.46. The van der Waals surface area contributed by atoms with E-state index in [9.17, 15) is 8.78 Å². The van der Waals surface area contributed by atoms with Crippen molar-refractivity contribution in [1.29, 1.82) is 0 Å². The molecule has 0 atom stereocenters. The molecule has 0 unspecified atom stereocenters. The van der Waals surface area contributed by atoms with Crippen LogP contribution in [0.1, 0.15) is 0 Å². The van der Waals surface area contributed by atoms with E-state index in [0.717, 1.165) is 6.07 Å². The molecule has 0 saturated heterocycles. The molecule has 1 heterocycles. The van der Waals surface area contributed by atoms with Gasteiger partial charge >= 0.3 is 0 Å². The lowest BCUT2D eigenvalue weighted by Gasteiger charge is -1.94. The fourth-order valence-corrected chi connectivity index (χ4v) is 1.24. The minimum Gasteiger partial charge on any atom is -0.228 e. The first kappa shape index (κ1) is 8.07. The average Bonchev–Trinajstić information content (AvgIpc) is 1.84. The van der Waals surface area contributed by atoms with E-state index in [1.165, 1.54) is 0 Å². The number of halogens is 4. The Kier molecular flexibility index (Phi) is 2.36. The predicted molar refractivity (Wildman–Crippen MR) is 39.6 cm³/mol. The first-order valence-electron chi connectivity index (χ1n) is 2.28. The van der Waals surface area contributed by atoms with Crippen molar-refractivity contribution in [1.82, 2.24) is 4.98 Å². The van der Waals surface area contributed by atoms with Gasteiger partial charge in [0.2, 0.25) is 0 Å². The van der Waals surface area contributed by atoms with Crippen LogP contribution >= 0.6 is 31.9 Å². The number of hydrogen-bond acceptors (Lipinski definition) is 1. The molecule has 0 saturated carbocycles. The molecule has 1 nitrogen and oxygen atoms in total. The molecule has 5 heteroatoms. The lowest BCUT2D eigenvalue weighted by Crippen LogP contribution is -1.88. The number of nitrogens with zero attached hydrogens (tertiary/aromatic N) is 1. The van der Waals surface area contributed by atoms with E-state index in [0.29, 0.717) is 0 Å². The number of rotatable bonds is 0. The Morgan fingerprint density at radius 3 is 1.80 bits per heavy atom. The summed E-state index contributed by atoms with van der Waals surface area (Å²) in [5, 5.41) is 0. The average molecular weight is 273 g/mol. The fourth-order valence-electron chi connectivity index (χ4n) is 0.423. The van der Waals surface area contributed by atoms with Gasteiger partial charge in [0, 0.05) is 6.07 Å². The Morgan fingerprint density at radius 2 is 1.50 bits per heavy atom. The molecule has 1 aromatic rings. The standard InChI is InChI=1S/C5HBr2F2N/c6-4-2(8)1-3(9)5(7)10-4/h1H. The summed E-state index contributed by atoms with van der Waals surface area (Å²) in [5.74, 6) is -1.42. The molecule has 1 rings (SSSR count). The Morgan fingerprint density at radius 1 is 1.10 bits per heavy atom. The van der Waals surface area contributed by atoms with Crippen LogP contribution in [-0.4, -0.2) is 4.98 Å². The topological polar surface area (TPSA) is 12.9 Å². The van der Waals surface area contributed by atoms with Crippen molar-refractivity contribution in [2.24, 2.45) is 0 Å². The van der Waals surface area contributed by atoms with Crippen LogP contribution in [0.25, 0.3) is 0 Å². The first-order valence-corrected chi connectivity index (χ1v) is 3.87. The summed E-state index contributed by atoms with van der Waals surface area (Å²) in [6.45, 7) is 0. The smallest absolute Gasteiger partial charge is 0.158 e. The van der Waals surface area contributed by atoms with Crippen LogP contribution in [0.3, 0.4) is 0 Å². The molecule has 0 radical (unpaired) electrons. The van der Waals surface area contributed by atoms with E-state index < -0.39 is 11.6 Å². The van der Waals surface area contributed by atoms with E-state index >= 15 is 0 Å². The quantitative estimate of drug-likeness (QED) is 0.662. The molecule has 0 bridgehead atoms. The van der Waals surface area contributed by atoms with Crippen molar-refractivity contribution in [3.63, 3.8) is 0 Å². The molecular formula is C5HBr2F2N. The molecular weight excluding hydrogens is 272 g/mol. The molecule has 0 aliphatic heterocycles. The Hall–Kier alpha value is -0.0300. The van der Waals surface area contributed by atoms with Crippen LogP contribution in [-0.2, 0) is 0 Å². The first-order chi connectivity index (χ1) is 4.61. The monoisotopic (exact) mass is 271 g/mol. The maximum atomic E-state index is 12.4. The zero-order valence-electron chi connectivity index (χ0n) is 4.54. The van der Waals surface area contributed by atoms with Gasteiger partial charge in [-0.2, -0.15) is 0 Å². The summed E-state index contributed by atoms with van der Waals surface area (Å²) < 4.78 is 24.8. The van der Waals surface area contributed by atoms with Crippen molar-refractivity contribution in [2.75, 3.05) is 0 Å². The largest absolute Gasteiger partial charge is 0.228 e. The van der Waals surface area contributed by atoms with Gasteiger partial charge in [-0.3, -0.25) is 0 Å². The van der Waals surface area contributed by atoms with Gasteiger partial charge in [-0.15, -0.1) is 0 Å². The molecule has 54 valence electrons. The Balaban J connectivity index is 3.28. The van der Waals surface area contributed by atoms with Gasteiger partial charge < -0.3 is 0 Å². The second-order valence-corrected chi connectivity index (χ2v) is 3.04. The predicted octanol–water partition coefficient (Wildman–Crippen LogP) is 2.88. The molecule has 0 spiro atoms. The maximum absolute atomic E-state index is 12.4. The molecule has 0 amide bonds. The molecule has 10 heavy (non-hydrogen) atoms. The minimum atomic E-state index is -0.708. The molecule has 0 aliphatic carbocycles. The van der Waals surface area contributed by atoms with Crippen molar-refractivity contribution < 1.29 is 8.78 Å². The van der Waals surface area contributed by atoms with E-state index in [1.54, 1.807) is 0 Å². The Bertz CT molecular complexity index is 214. The zero-order valence-corrected chi connectivity index (χ0v) is 7.71. The van der Waals surface area contributed by atoms with Crippen molar-refractivity contribution in [3.05, 3.63) is 26.9 Å². The van der Waals surface area contributed by atoms with Crippen LogP contribution in [0.2, 0.25) is 0 Å². The molecule has 0 aliphatic rings. The van der Waals surface area contributed by atoms with Crippen LogP contribution in [0.4, 0.5) is 8.78 Å². The highest BCUT2D eigenvalue weighted by Gasteiger charge is 2.06. The van der Waals surface area contributed by atoms with Crippen LogP contribution in [0.5, 0.6) is 0 Å². The fraction of sp³-hybridized carbons (Fsp3) is 0. The molecule has 0 fully saturated rings. The van der Waals surface area contributed by atoms with Gasteiger partial charge in [0.25, 0.3) is 0 Å². The number of hydrogen-bond donors (Lipinski definition) is 0. The molecule has 0 aromatic carbocycles. The van der Waals surface area contributed by atoms with Gasteiger partial charge in [0.15, 0.2) is 11.6 Å². The normalized spacial score (nSPS) is 10.0. The van der Waals surface area contributed by atoms with Crippen LogP contribution in [0, 0.1) is 11.6 Å². The molecule has 0 N–H and O–H groups in total. The van der Waals surface area contributed by atoms with E-state index in [1.807, 2.05) is 0 Å². The lowest BCUT2D eigenvalue weighted by atomic mass is 10.5. The van der Waals surface area contributed by atoms with Crippen molar-refractivity contribution in [2.45, 2.75) is 0 Å². The van der Waals surface area contributed by atoms with Crippen molar-refractivity contribution in [3.8, 4) is 0 Å². The third kappa shape index (κ3) is 1.52. The second kappa shape index (κ2) is 2.92. The lowest BCUT2D eigenvalue weighted by molar-refractivity contribution is 0.561. The summed E-state index contributed by atoms with van der Waals surface area (Å²) >= 11 is 5.59. The SMILES string of the molecule is Fc1cc(F)c(Br)nc1Br. The van der Waals surface area contributed by atoms with Gasteiger partial charge in [-0.25, -0.2) is 13.8 Å². The summed E-state index contributed by atoms with van der Waals surface area (Å²) in [6, 6.07) is 0.751. The third-order valence-corrected chi connectivity index (χ3v) is 1.96. The van der Waals surface area contributed by atoms with Gasteiger partial charge in [0.1, 0.15) is 9.21 Å². The minimum absolute atomic E-state index is 0.000718. The zero-order chi connectivity index (χ0) is 7.72. The summed E-state index contributed by atoms with van der Waals surface area (Å²) in [6.07, 6.45) is 0. The van der Waals surface area contributed by atoms with Gasteiger partial charge in [-0.1, -0.05) is 0 Å². The van der Waals surface area contributed by atoms with Crippen LogP contribution < -0.4 is 0 Å². The number of pyridine rings is 1. The highest BCUT2D eigenvalue weighted by atomic mass is 79.9. The highest BCUT2D eigenvalue weighted by molar-refractivity contribution is 9.11. The maximum Gasteiger partial charge on any atom is 0.158 e. The highest BCUT2D eigenvalue weighted by Crippen LogP contribution is 2.19. The van der Waals surface area contributed by atoms with Crippen molar-refractivity contribution >= 4 is 31.9 Å².